The van der Waals surface area contributed by atoms with E-state index >= 15 is 0 Å². The predicted octanol–water partition coefficient (Wildman–Crippen LogP) is 0.879. The molecule has 16 heavy (non-hydrogen) atoms. The van der Waals surface area contributed by atoms with Crippen LogP contribution in [0.4, 0.5) is 8.78 Å². The van der Waals surface area contributed by atoms with Gasteiger partial charge in [-0.25, -0.2) is 17.2 Å². The van der Waals surface area contributed by atoms with Crippen LogP contribution in [0.3, 0.4) is 0 Å². The SMILES string of the molecule is CS(=O)(=O)CC(N)Cc1cc(F)cc(F)c1. The molecule has 90 valence electrons. The minimum Gasteiger partial charge on any atom is -0.326 e. The molecule has 0 aliphatic carbocycles. The highest BCUT2D eigenvalue weighted by molar-refractivity contribution is 7.90. The summed E-state index contributed by atoms with van der Waals surface area (Å²) in [6.45, 7) is 0. The van der Waals surface area contributed by atoms with E-state index < -0.39 is 27.5 Å². The molecule has 0 spiro atoms. The number of halogens is 2. The number of benzene rings is 1. The normalized spacial score (nSPS) is 13.8. The fourth-order valence-corrected chi connectivity index (χ4v) is 2.37. The Bertz CT molecular complexity index is 453. The van der Waals surface area contributed by atoms with E-state index in [0.29, 0.717) is 5.56 Å². The van der Waals surface area contributed by atoms with Gasteiger partial charge in [0.05, 0.1) is 5.75 Å². The van der Waals surface area contributed by atoms with Crippen LogP contribution in [-0.2, 0) is 16.3 Å². The van der Waals surface area contributed by atoms with Gasteiger partial charge >= 0.3 is 0 Å². The molecule has 1 unspecified atom stereocenters. The maximum Gasteiger partial charge on any atom is 0.148 e. The first-order valence-electron chi connectivity index (χ1n) is 4.64. The highest BCUT2D eigenvalue weighted by Crippen LogP contribution is 2.10. The van der Waals surface area contributed by atoms with Gasteiger partial charge in [0.15, 0.2) is 0 Å². The minimum atomic E-state index is -3.18. The summed E-state index contributed by atoms with van der Waals surface area (Å²) in [4.78, 5) is 0. The Kier molecular flexibility index (Phi) is 3.98. The van der Waals surface area contributed by atoms with Crippen LogP contribution in [0, 0.1) is 11.6 Å². The van der Waals surface area contributed by atoms with Crippen LogP contribution in [0.5, 0.6) is 0 Å². The van der Waals surface area contributed by atoms with Gasteiger partial charge in [0, 0.05) is 18.4 Å². The zero-order valence-corrected chi connectivity index (χ0v) is 9.60. The van der Waals surface area contributed by atoms with Crippen LogP contribution in [0.25, 0.3) is 0 Å². The van der Waals surface area contributed by atoms with Crippen molar-refractivity contribution in [2.45, 2.75) is 12.5 Å². The molecule has 2 N–H and O–H groups in total. The third-order valence-electron chi connectivity index (χ3n) is 1.94. The van der Waals surface area contributed by atoms with Gasteiger partial charge < -0.3 is 5.73 Å². The Hall–Kier alpha value is -1.01. The van der Waals surface area contributed by atoms with Crippen LogP contribution >= 0.6 is 0 Å². The number of sulfone groups is 1. The van der Waals surface area contributed by atoms with Crippen molar-refractivity contribution in [3.8, 4) is 0 Å². The Balaban J connectivity index is 2.73. The predicted molar refractivity (Wildman–Crippen MR) is 57.7 cm³/mol. The molecule has 1 rings (SSSR count). The lowest BCUT2D eigenvalue weighted by Crippen LogP contribution is -2.31. The first kappa shape index (κ1) is 13.1. The molecule has 0 bridgehead atoms. The van der Waals surface area contributed by atoms with Gasteiger partial charge in [-0.3, -0.25) is 0 Å². The zero-order chi connectivity index (χ0) is 12.3. The van der Waals surface area contributed by atoms with Crippen molar-refractivity contribution in [3.05, 3.63) is 35.4 Å². The van der Waals surface area contributed by atoms with Crippen molar-refractivity contribution in [1.82, 2.24) is 0 Å². The van der Waals surface area contributed by atoms with Crippen LogP contribution in [-0.4, -0.2) is 26.5 Å². The van der Waals surface area contributed by atoms with Crippen molar-refractivity contribution >= 4 is 9.84 Å². The van der Waals surface area contributed by atoms with Gasteiger partial charge in [0.25, 0.3) is 0 Å². The van der Waals surface area contributed by atoms with E-state index in [0.717, 1.165) is 24.5 Å². The first-order chi connectivity index (χ1) is 7.26. The van der Waals surface area contributed by atoms with Gasteiger partial charge in [-0.05, 0) is 24.1 Å². The van der Waals surface area contributed by atoms with Crippen LogP contribution in [0.2, 0.25) is 0 Å². The fraction of sp³-hybridized carbons (Fsp3) is 0.400. The molecule has 0 radical (unpaired) electrons. The van der Waals surface area contributed by atoms with Crippen LogP contribution < -0.4 is 5.73 Å². The first-order valence-corrected chi connectivity index (χ1v) is 6.70. The van der Waals surface area contributed by atoms with Crippen molar-refractivity contribution in [2.24, 2.45) is 5.73 Å². The van der Waals surface area contributed by atoms with Gasteiger partial charge in [-0.15, -0.1) is 0 Å². The maximum atomic E-state index is 12.8. The van der Waals surface area contributed by atoms with Gasteiger partial charge in [0.2, 0.25) is 0 Å². The number of nitrogens with two attached hydrogens (primary N) is 1. The maximum absolute atomic E-state index is 12.8. The molecule has 0 aliphatic heterocycles. The van der Waals surface area contributed by atoms with Gasteiger partial charge in [0.1, 0.15) is 21.5 Å². The number of rotatable bonds is 4. The summed E-state index contributed by atoms with van der Waals surface area (Å²) < 4.78 is 47.5. The molecule has 0 aromatic heterocycles. The molecule has 0 aliphatic rings. The molecule has 1 atom stereocenters. The molecule has 0 amide bonds. The molecular weight excluding hydrogens is 236 g/mol. The van der Waals surface area contributed by atoms with Crippen LogP contribution in [0.15, 0.2) is 18.2 Å². The second kappa shape index (κ2) is 4.88. The lowest BCUT2D eigenvalue weighted by atomic mass is 10.1. The van der Waals surface area contributed by atoms with E-state index in [-0.39, 0.29) is 12.2 Å². The highest BCUT2D eigenvalue weighted by atomic mass is 32.2. The van der Waals surface area contributed by atoms with Crippen molar-refractivity contribution in [3.63, 3.8) is 0 Å². The second-order valence-corrected chi connectivity index (χ2v) is 6.02. The monoisotopic (exact) mass is 249 g/mol. The van der Waals surface area contributed by atoms with E-state index in [2.05, 4.69) is 0 Å². The Morgan fingerprint density at radius 3 is 2.19 bits per heavy atom. The second-order valence-electron chi connectivity index (χ2n) is 3.83. The minimum absolute atomic E-state index is 0.127. The molecule has 3 nitrogen and oxygen atoms in total. The van der Waals surface area contributed by atoms with E-state index in [1.54, 1.807) is 0 Å². The van der Waals surface area contributed by atoms with E-state index in [1.807, 2.05) is 0 Å². The summed E-state index contributed by atoms with van der Waals surface area (Å²) >= 11 is 0. The van der Waals surface area contributed by atoms with Crippen molar-refractivity contribution in [1.29, 1.82) is 0 Å². The summed E-state index contributed by atoms with van der Waals surface area (Å²) in [7, 11) is -3.18. The van der Waals surface area contributed by atoms with Gasteiger partial charge in [-0.1, -0.05) is 0 Å². The lowest BCUT2D eigenvalue weighted by molar-refractivity contribution is 0.575. The summed E-state index contributed by atoms with van der Waals surface area (Å²) in [5.41, 5.74) is 5.92. The Morgan fingerprint density at radius 2 is 1.75 bits per heavy atom. The molecule has 1 aromatic carbocycles. The Morgan fingerprint density at radius 1 is 1.25 bits per heavy atom. The summed E-state index contributed by atoms with van der Waals surface area (Å²) in [6.07, 6.45) is 1.20. The topological polar surface area (TPSA) is 60.2 Å². The quantitative estimate of drug-likeness (QED) is 0.861. The van der Waals surface area contributed by atoms with E-state index in [1.165, 1.54) is 0 Å². The standard InChI is InChI=1S/C10H13F2NO2S/c1-16(14,15)6-10(13)4-7-2-8(11)5-9(12)3-7/h2-3,5,10H,4,6,13H2,1H3. The molecule has 0 saturated heterocycles. The third kappa shape index (κ3) is 4.67. The summed E-state index contributed by atoms with van der Waals surface area (Å²) in [6, 6.07) is 2.39. The van der Waals surface area contributed by atoms with E-state index in [9.17, 15) is 17.2 Å². The third-order valence-corrected chi connectivity index (χ3v) is 2.97. The molecule has 0 saturated carbocycles. The average Bonchev–Trinajstić information content (AvgIpc) is 1.96. The summed E-state index contributed by atoms with van der Waals surface area (Å²) in [5.74, 6) is -1.59. The van der Waals surface area contributed by atoms with Gasteiger partial charge in [-0.2, -0.15) is 0 Å². The molecule has 6 heteroatoms. The molecule has 1 aromatic rings. The highest BCUT2D eigenvalue weighted by Gasteiger charge is 2.12. The number of hydrogen-bond acceptors (Lipinski definition) is 3. The smallest absolute Gasteiger partial charge is 0.148 e. The Labute approximate surface area is 93.2 Å². The van der Waals surface area contributed by atoms with Crippen molar-refractivity contribution in [2.75, 3.05) is 12.0 Å². The fourth-order valence-electron chi connectivity index (χ4n) is 1.48. The van der Waals surface area contributed by atoms with Crippen LogP contribution in [0.1, 0.15) is 5.56 Å². The largest absolute Gasteiger partial charge is 0.326 e. The number of hydrogen-bond donors (Lipinski definition) is 1. The molecule has 0 heterocycles. The molecule has 0 fully saturated rings. The molecular formula is C10H13F2NO2S. The van der Waals surface area contributed by atoms with E-state index in [4.69, 9.17) is 5.73 Å². The summed E-state index contributed by atoms with van der Waals surface area (Å²) in [5, 5.41) is 0. The zero-order valence-electron chi connectivity index (χ0n) is 8.78. The van der Waals surface area contributed by atoms with Crippen molar-refractivity contribution < 1.29 is 17.2 Å². The average molecular weight is 249 g/mol. The lowest BCUT2D eigenvalue weighted by Gasteiger charge is -2.10.